The number of methoxy groups -OCH3 is 2. The lowest BCUT2D eigenvalue weighted by atomic mass is 9.84. The molecule has 32 heavy (non-hydrogen) atoms. The molecule has 4 rings (SSSR count). The van der Waals surface area contributed by atoms with Crippen molar-refractivity contribution in [3.63, 3.8) is 0 Å². The predicted octanol–water partition coefficient (Wildman–Crippen LogP) is 6.27. The molecule has 1 aliphatic heterocycles. The lowest BCUT2D eigenvalue weighted by Gasteiger charge is -2.25. The zero-order valence-corrected chi connectivity index (χ0v) is 19.7. The van der Waals surface area contributed by atoms with Gasteiger partial charge in [0.2, 0.25) is 11.4 Å². The minimum Gasteiger partial charge on any atom is -0.493 e. The number of para-hydroxylation sites is 1. The van der Waals surface area contributed by atoms with Gasteiger partial charge in [-0.3, -0.25) is 0 Å². The molecule has 1 unspecified atom stereocenters. The van der Waals surface area contributed by atoms with Gasteiger partial charge in [0.15, 0.2) is 23.4 Å². The Labute approximate surface area is 190 Å². The summed E-state index contributed by atoms with van der Waals surface area (Å²) in [5, 5.41) is 0. The Kier molecular flexibility index (Phi) is 5.81. The molecule has 0 spiro atoms. The summed E-state index contributed by atoms with van der Waals surface area (Å²) in [6, 6.07) is 19.7. The second kappa shape index (κ2) is 8.42. The Morgan fingerprint density at radius 2 is 1.53 bits per heavy atom. The van der Waals surface area contributed by atoms with Crippen LogP contribution in [0.25, 0.3) is 0 Å². The topological polar surface area (TPSA) is 21.5 Å². The van der Waals surface area contributed by atoms with E-state index in [4.69, 9.17) is 9.47 Å². The summed E-state index contributed by atoms with van der Waals surface area (Å²) in [4.78, 5) is 0. The first-order chi connectivity index (χ1) is 15.2. The fraction of sp³-hybridized carbons (Fsp3) is 0.321. The van der Waals surface area contributed by atoms with Crippen LogP contribution in [0.5, 0.6) is 11.5 Å². The van der Waals surface area contributed by atoms with Crippen molar-refractivity contribution in [1.29, 1.82) is 0 Å². The molecule has 0 saturated carbocycles. The van der Waals surface area contributed by atoms with Gasteiger partial charge in [0.05, 0.1) is 19.8 Å². The highest BCUT2D eigenvalue weighted by Gasteiger charge is 2.36. The SMILES string of the molecule is COc1cc2c(cc1OC)C(c1ccc(C(C)(C)C)cc1)=[N+](c1ccccc1F)C(C)C2. The summed E-state index contributed by atoms with van der Waals surface area (Å²) in [7, 11) is 3.29. The average Bonchev–Trinajstić information content (AvgIpc) is 2.77. The molecule has 3 aromatic rings. The van der Waals surface area contributed by atoms with Crippen LogP contribution in [0.3, 0.4) is 0 Å². The van der Waals surface area contributed by atoms with E-state index in [-0.39, 0.29) is 17.3 Å². The summed E-state index contributed by atoms with van der Waals surface area (Å²) in [5.41, 5.74) is 6.12. The van der Waals surface area contributed by atoms with Crippen molar-refractivity contribution in [1.82, 2.24) is 0 Å². The maximum absolute atomic E-state index is 15.0. The van der Waals surface area contributed by atoms with Crippen molar-refractivity contribution in [2.75, 3.05) is 14.2 Å². The van der Waals surface area contributed by atoms with Gasteiger partial charge in [-0.15, -0.1) is 0 Å². The third kappa shape index (κ3) is 3.90. The molecule has 0 aromatic heterocycles. The molecular weight excluding hydrogens is 401 g/mol. The van der Waals surface area contributed by atoms with Crippen molar-refractivity contribution in [2.24, 2.45) is 0 Å². The zero-order valence-electron chi connectivity index (χ0n) is 19.7. The number of rotatable bonds is 4. The average molecular weight is 433 g/mol. The first-order valence-electron chi connectivity index (χ1n) is 11.0. The van der Waals surface area contributed by atoms with Crippen LogP contribution < -0.4 is 9.47 Å². The molecule has 0 aliphatic carbocycles. The van der Waals surface area contributed by atoms with E-state index < -0.39 is 0 Å². The Hall–Kier alpha value is -3.14. The third-order valence-electron chi connectivity index (χ3n) is 6.20. The molecule has 1 aliphatic rings. The number of nitrogens with zero attached hydrogens (tertiary/aromatic N) is 1. The molecule has 0 saturated heterocycles. The Morgan fingerprint density at radius 1 is 0.906 bits per heavy atom. The molecular formula is C28H31FNO2+. The van der Waals surface area contributed by atoms with Crippen LogP contribution in [0.2, 0.25) is 0 Å². The van der Waals surface area contributed by atoms with Gasteiger partial charge in [-0.2, -0.15) is 8.97 Å². The van der Waals surface area contributed by atoms with Crippen LogP contribution in [0.4, 0.5) is 10.1 Å². The van der Waals surface area contributed by atoms with Crippen LogP contribution in [0.1, 0.15) is 49.9 Å². The van der Waals surface area contributed by atoms with Crippen LogP contribution in [0, 0.1) is 5.82 Å². The quantitative estimate of drug-likeness (QED) is 0.453. The van der Waals surface area contributed by atoms with Gasteiger partial charge in [0, 0.05) is 18.1 Å². The molecule has 1 heterocycles. The molecule has 0 radical (unpaired) electrons. The predicted molar refractivity (Wildman–Crippen MR) is 127 cm³/mol. The molecule has 1 atom stereocenters. The molecule has 0 bridgehead atoms. The van der Waals surface area contributed by atoms with E-state index in [1.165, 1.54) is 11.6 Å². The van der Waals surface area contributed by atoms with Crippen LogP contribution in [-0.2, 0) is 11.8 Å². The van der Waals surface area contributed by atoms with Crippen molar-refractivity contribution in [2.45, 2.75) is 45.6 Å². The van der Waals surface area contributed by atoms with E-state index in [2.05, 4.69) is 56.5 Å². The summed E-state index contributed by atoms with van der Waals surface area (Å²) < 4.78 is 28.3. The van der Waals surface area contributed by atoms with Gasteiger partial charge in [-0.05, 0) is 53.8 Å². The first kappa shape index (κ1) is 22.1. The smallest absolute Gasteiger partial charge is 0.242 e. The summed E-state index contributed by atoms with van der Waals surface area (Å²) in [6.07, 6.45) is 0.771. The largest absolute Gasteiger partial charge is 0.493 e. The Balaban J connectivity index is 2.03. The summed E-state index contributed by atoms with van der Waals surface area (Å²) >= 11 is 0. The lowest BCUT2D eigenvalue weighted by molar-refractivity contribution is -0.483. The number of fused-ring (bicyclic) bond motifs is 1. The minimum absolute atomic E-state index is 0.0583. The van der Waals surface area contributed by atoms with E-state index in [0.29, 0.717) is 17.2 Å². The zero-order chi connectivity index (χ0) is 23.0. The van der Waals surface area contributed by atoms with Crippen LogP contribution in [-0.4, -0.2) is 30.5 Å². The van der Waals surface area contributed by atoms with Gasteiger partial charge >= 0.3 is 0 Å². The fourth-order valence-corrected chi connectivity index (χ4v) is 4.50. The Morgan fingerprint density at radius 3 is 2.12 bits per heavy atom. The molecule has 3 nitrogen and oxygen atoms in total. The van der Waals surface area contributed by atoms with Crippen molar-refractivity contribution >= 4 is 11.4 Å². The highest BCUT2D eigenvalue weighted by Crippen LogP contribution is 2.37. The van der Waals surface area contributed by atoms with Crippen LogP contribution >= 0.6 is 0 Å². The molecule has 3 aromatic carbocycles. The van der Waals surface area contributed by atoms with Gasteiger partial charge < -0.3 is 9.47 Å². The fourth-order valence-electron chi connectivity index (χ4n) is 4.50. The normalized spacial score (nSPS) is 16.0. The van der Waals surface area contributed by atoms with Gasteiger partial charge in [0.1, 0.15) is 0 Å². The molecule has 4 heteroatoms. The maximum Gasteiger partial charge on any atom is 0.242 e. The molecule has 166 valence electrons. The number of benzene rings is 3. The van der Waals surface area contributed by atoms with Crippen molar-refractivity contribution in [3.8, 4) is 11.5 Å². The number of hydrogen-bond donors (Lipinski definition) is 0. The van der Waals surface area contributed by atoms with Crippen molar-refractivity contribution in [3.05, 3.63) is 88.7 Å². The number of hydrogen-bond acceptors (Lipinski definition) is 2. The van der Waals surface area contributed by atoms with E-state index >= 15 is 0 Å². The van der Waals surface area contributed by atoms with Crippen molar-refractivity contribution < 1.29 is 18.4 Å². The lowest BCUT2D eigenvalue weighted by Crippen LogP contribution is -2.35. The second-order valence-corrected chi connectivity index (χ2v) is 9.41. The monoisotopic (exact) mass is 432 g/mol. The third-order valence-corrected chi connectivity index (χ3v) is 6.20. The van der Waals surface area contributed by atoms with Crippen LogP contribution in [0.15, 0.2) is 60.7 Å². The Bertz CT molecular complexity index is 1170. The van der Waals surface area contributed by atoms with Gasteiger partial charge in [-0.25, -0.2) is 0 Å². The molecule has 0 N–H and O–H groups in total. The molecule has 0 fully saturated rings. The number of halogens is 1. The summed E-state index contributed by atoms with van der Waals surface area (Å²) in [5.74, 6) is 1.14. The van der Waals surface area contributed by atoms with E-state index in [9.17, 15) is 4.39 Å². The minimum atomic E-state index is -0.230. The second-order valence-electron chi connectivity index (χ2n) is 9.41. The molecule has 0 amide bonds. The standard InChI is InChI=1S/C28H31FNO2/c1-18-15-20-16-25(31-5)26(32-6)17-22(20)27(30(18)24-10-8-7-9-23(24)29)19-11-13-21(14-12-19)28(2,3)4/h7-14,16-18H,15H2,1-6H3/q+1. The highest BCUT2D eigenvalue weighted by atomic mass is 19.1. The number of ether oxygens (including phenoxy) is 2. The van der Waals surface area contributed by atoms with E-state index in [1.54, 1.807) is 20.3 Å². The maximum atomic E-state index is 15.0. The van der Waals surface area contributed by atoms with E-state index in [0.717, 1.165) is 28.8 Å². The van der Waals surface area contributed by atoms with Gasteiger partial charge in [-0.1, -0.05) is 45.0 Å². The highest BCUT2D eigenvalue weighted by molar-refractivity contribution is 6.12. The first-order valence-corrected chi connectivity index (χ1v) is 11.0. The van der Waals surface area contributed by atoms with E-state index in [1.807, 2.05) is 24.3 Å². The van der Waals surface area contributed by atoms with Gasteiger partial charge in [0.25, 0.3) is 0 Å². The summed E-state index contributed by atoms with van der Waals surface area (Å²) in [6.45, 7) is 8.75.